The van der Waals surface area contributed by atoms with Gasteiger partial charge in [0.15, 0.2) is 0 Å². The van der Waals surface area contributed by atoms with Gasteiger partial charge in [-0.05, 0) is 44.7 Å². The van der Waals surface area contributed by atoms with Crippen molar-refractivity contribution in [2.45, 2.75) is 66.3 Å². The van der Waals surface area contributed by atoms with E-state index in [1.165, 1.54) is 32.5 Å². The van der Waals surface area contributed by atoms with Crippen LogP contribution in [-0.4, -0.2) is 48.3 Å². The molecule has 0 aromatic heterocycles. The van der Waals surface area contributed by atoms with E-state index in [2.05, 4.69) is 51.8 Å². The molecule has 0 spiro atoms. The topological polar surface area (TPSA) is 35.5 Å². The number of rotatable bonds is 12. The third-order valence-electron chi connectivity index (χ3n) is 3.65. The van der Waals surface area contributed by atoms with Gasteiger partial charge in [-0.1, -0.05) is 41.0 Å². The first kappa shape index (κ1) is 19.9. The molecule has 0 rings (SSSR count). The highest BCUT2D eigenvalue weighted by Gasteiger charge is 2.21. The van der Waals surface area contributed by atoms with Crippen LogP contribution in [0.4, 0.5) is 0 Å². The molecule has 0 aliphatic rings. The second kappa shape index (κ2) is 10.6. The molecule has 0 aliphatic heterocycles. The fourth-order valence-corrected chi connectivity index (χ4v) is 2.79. The lowest BCUT2D eigenvalue weighted by molar-refractivity contribution is 0.160. The highest BCUT2D eigenvalue weighted by atomic mass is 16.3. The van der Waals surface area contributed by atoms with Crippen molar-refractivity contribution in [3.05, 3.63) is 0 Å². The first-order valence-electron chi connectivity index (χ1n) is 8.41. The maximum atomic E-state index is 9.49. The van der Waals surface area contributed by atoms with Crippen LogP contribution in [0.15, 0.2) is 0 Å². The molecule has 3 heteroatoms. The van der Waals surface area contributed by atoms with Crippen LogP contribution in [0.3, 0.4) is 0 Å². The van der Waals surface area contributed by atoms with E-state index in [1.807, 2.05) is 0 Å². The van der Waals surface area contributed by atoms with Gasteiger partial charge in [-0.2, -0.15) is 0 Å². The van der Waals surface area contributed by atoms with E-state index >= 15 is 0 Å². The number of hydrogen-bond acceptors (Lipinski definition) is 3. The summed E-state index contributed by atoms with van der Waals surface area (Å²) in [5.74, 6) is 1.47. The molecular formula is C17H38N2O. The monoisotopic (exact) mass is 286 g/mol. The first-order valence-corrected chi connectivity index (χ1v) is 8.41. The van der Waals surface area contributed by atoms with Crippen LogP contribution in [-0.2, 0) is 0 Å². The fraction of sp³-hybridized carbons (Fsp3) is 1.00. The van der Waals surface area contributed by atoms with E-state index in [1.54, 1.807) is 0 Å². The number of likely N-dealkylation sites (N-methyl/N-ethyl adjacent to an activating group) is 1. The molecular weight excluding hydrogens is 248 g/mol. The summed E-state index contributed by atoms with van der Waals surface area (Å²) in [6.45, 7) is 18.1. The average molecular weight is 287 g/mol. The van der Waals surface area contributed by atoms with Crippen molar-refractivity contribution in [3.63, 3.8) is 0 Å². The van der Waals surface area contributed by atoms with Crippen LogP contribution < -0.4 is 5.32 Å². The third kappa shape index (κ3) is 9.73. The summed E-state index contributed by atoms with van der Waals surface area (Å²) in [5, 5.41) is 12.9. The lowest BCUT2D eigenvalue weighted by atomic mass is 9.95. The maximum absolute atomic E-state index is 9.49. The van der Waals surface area contributed by atoms with Crippen LogP contribution in [0.5, 0.6) is 0 Å². The largest absolute Gasteiger partial charge is 0.394 e. The third-order valence-corrected chi connectivity index (χ3v) is 3.65. The molecule has 0 radical (unpaired) electrons. The molecule has 0 bridgehead atoms. The predicted molar refractivity (Wildman–Crippen MR) is 89.1 cm³/mol. The summed E-state index contributed by atoms with van der Waals surface area (Å²) in [6.07, 6.45) is 3.45. The van der Waals surface area contributed by atoms with Crippen LogP contribution in [0.25, 0.3) is 0 Å². The Bertz CT molecular complexity index is 221. The van der Waals surface area contributed by atoms with Crippen molar-refractivity contribution in [2.75, 3.05) is 32.8 Å². The summed E-state index contributed by atoms with van der Waals surface area (Å²) in [7, 11) is 0. The second-order valence-electron chi connectivity index (χ2n) is 7.25. The summed E-state index contributed by atoms with van der Waals surface area (Å²) >= 11 is 0. The number of nitrogens with zero attached hydrogens (tertiary/aromatic N) is 1. The molecule has 20 heavy (non-hydrogen) atoms. The van der Waals surface area contributed by atoms with Crippen LogP contribution in [0.2, 0.25) is 0 Å². The number of hydrogen-bond donors (Lipinski definition) is 2. The molecule has 1 atom stereocenters. The zero-order valence-electron chi connectivity index (χ0n) is 14.7. The Kier molecular flexibility index (Phi) is 10.5. The van der Waals surface area contributed by atoms with Gasteiger partial charge in [-0.15, -0.1) is 0 Å². The van der Waals surface area contributed by atoms with E-state index in [0.717, 1.165) is 24.8 Å². The Morgan fingerprint density at radius 2 is 1.60 bits per heavy atom. The molecule has 3 nitrogen and oxygen atoms in total. The van der Waals surface area contributed by atoms with Crippen molar-refractivity contribution in [1.29, 1.82) is 0 Å². The molecule has 0 aromatic carbocycles. The van der Waals surface area contributed by atoms with Crippen LogP contribution in [0.1, 0.15) is 60.8 Å². The van der Waals surface area contributed by atoms with Gasteiger partial charge in [0.05, 0.1) is 6.61 Å². The smallest absolute Gasteiger partial charge is 0.0610 e. The maximum Gasteiger partial charge on any atom is 0.0610 e. The van der Waals surface area contributed by atoms with Gasteiger partial charge in [0.25, 0.3) is 0 Å². The Morgan fingerprint density at radius 3 is 2.00 bits per heavy atom. The molecule has 0 heterocycles. The first-order chi connectivity index (χ1) is 9.33. The van der Waals surface area contributed by atoms with Gasteiger partial charge in [0.2, 0.25) is 0 Å². The average Bonchev–Trinajstić information content (AvgIpc) is 2.33. The normalized spacial score (nSPS) is 15.3. The van der Waals surface area contributed by atoms with Crippen molar-refractivity contribution in [3.8, 4) is 0 Å². The van der Waals surface area contributed by atoms with Gasteiger partial charge in [-0.25, -0.2) is 0 Å². The summed E-state index contributed by atoms with van der Waals surface area (Å²) in [6, 6.07) is 0. The molecule has 1 unspecified atom stereocenters. The van der Waals surface area contributed by atoms with Crippen LogP contribution in [0, 0.1) is 11.8 Å². The lowest BCUT2D eigenvalue weighted by Gasteiger charge is -2.30. The highest BCUT2D eigenvalue weighted by Crippen LogP contribution is 2.14. The van der Waals surface area contributed by atoms with Gasteiger partial charge in [0.1, 0.15) is 0 Å². The SMILES string of the molecule is CCNC(C)(CO)CCCCN(CC(C)C)CC(C)C. The zero-order chi connectivity index (χ0) is 15.6. The molecule has 2 N–H and O–H groups in total. The van der Waals surface area contributed by atoms with E-state index < -0.39 is 0 Å². The number of aliphatic hydroxyl groups excluding tert-OH is 1. The highest BCUT2D eigenvalue weighted by molar-refractivity contribution is 4.81. The number of nitrogens with one attached hydrogen (secondary N) is 1. The van der Waals surface area contributed by atoms with Gasteiger partial charge < -0.3 is 15.3 Å². The van der Waals surface area contributed by atoms with E-state index in [-0.39, 0.29) is 12.1 Å². The molecule has 0 saturated carbocycles. The summed E-state index contributed by atoms with van der Waals surface area (Å²) < 4.78 is 0. The molecule has 0 aliphatic carbocycles. The molecule has 0 saturated heterocycles. The van der Waals surface area contributed by atoms with Gasteiger partial charge in [0, 0.05) is 18.6 Å². The fourth-order valence-electron chi connectivity index (χ4n) is 2.79. The van der Waals surface area contributed by atoms with Crippen molar-refractivity contribution < 1.29 is 5.11 Å². The Labute approximate surface area is 127 Å². The van der Waals surface area contributed by atoms with Gasteiger partial charge >= 0.3 is 0 Å². The molecule has 0 fully saturated rings. The molecule has 0 aromatic rings. The molecule has 122 valence electrons. The number of aliphatic hydroxyl groups is 1. The van der Waals surface area contributed by atoms with E-state index in [0.29, 0.717) is 0 Å². The standard InChI is InChI=1S/C17H38N2O/c1-7-18-17(6,14-20)10-8-9-11-19(12-15(2)3)13-16(4)5/h15-16,18,20H,7-14H2,1-6H3. The van der Waals surface area contributed by atoms with Crippen molar-refractivity contribution in [2.24, 2.45) is 11.8 Å². The Morgan fingerprint density at radius 1 is 1.05 bits per heavy atom. The van der Waals surface area contributed by atoms with Crippen LogP contribution >= 0.6 is 0 Å². The number of unbranched alkanes of at least 4 members (excludes halogenated alkanes) is 1. The lowest BCUT2D eigenvalue weighted by Crippen LogP contribution is -2.45. The Balaban J connectivity index is 4.03. The zero-order valence-corrected chi connectivity index (χ0v) is 14.7. The summed E-state index contributed by atoms with van der Waals surface area (Å²) in [4.78, 5) is 2.60. The van der Waals surface area contributed by atoms with Gasteiger partial charge in [-0.3, -0.25) is 0 Å². The Hall–Kier alpha value is -0.120. The van der Waals surface area contributed by atoms with E-state index in [4.69, 9.17) is 0 Å². The van der Waals surface area contributed by atoms with E-state index in [9.17, 15) is 5.11 Å². The van der Waals surface area contributed by atoms with Crippen molar-refractivity contribution >= 4 is 0 Å². The minimum atomic E-state index is -0.102. The minimum Gasteiger partial charge on any atom is -0.394 e. The quantitative estimate of drug-likeness (QED) is 0.541. The summed E-state index contributed by atoms with van der Waals surface area (Å²) in [5.41, 5.74) is -0.102. The second-order valence-corrected chi connectivity index (χ2v) is 7.25. The molecule has 0 amide bonds. The predicted octanol–water partition coefficient (Wildman–Crippen LogP) is 3.13. The van der Waals surface area contributed by atoms with Crippen molar-refractivity contribution in [1.82, 2.24) is 10.2 Å². The minimum absolute atomic E-state index is 0.102.